The lowest BCUT2D eigenvalue weighted by Gasteiger charge is -2.06. The van der Waals surface area contributed by atoms with Crippen molar-refractivity contribution < 1.29 is 4.74 Å². The van der Waals surface area contributed by atoms with Gasteiger partial charge in [0.15, 0.2) is 0 Å². The molecule has 90 valence electrons. The third kappa shape index (κ3) is 5.53. The lowest BCUT2D eigenvalue weighted by molar-refractivity contribution is 0.149. The highest BCUT2D eigenvalue weighted by Crippen LogP contribution is 2.13. The van der Waals surface area contributed by atoms with Crippen molar-refractivity contribution in [3.05, 3.63) is 12.4 Å². The van der Waals surface area contributed by atoms with E-state index < -0.39 is 0 Å². The molecule has 6 heteroatoms. The second kappa shape index (κ2) is 8.61. The Kier molecular flexibility index (Phi) is 7.29. The van der Waals surface area contributed by atoms with Gasteiger partial charge in [0, 0.05) is 25.1 Å². The van der Waals surface area contributed by atoms with Crippen LogP contribution in [0.2, 0.25) is 0 Å². The molecule has 1 rings (SSSR count). The second-order valence-electron chi connectivity index (χ2n) is 3.03. The molecule has 0 atom stereocenters. The van der Waals surface area contributed by atoms with Crippen molar-refractivity contribution in [1.29, 1.82) is 0 Å². The van der Waals surface area contributed by atoms with Gasteiger partial charge < -0.3 is 10.1 Å². The molecule has 0 saturated carbocycles. The summed E-state index contributed by atoms with van der Waals surface area (Å²) in [5, 5.41) is 4.19. The van der Waals surface area contributed by atoms with Crippen molar-refractivity contribution in [2.45, 2.75) is 11.4 Å². The van der Waals surface area contributed by atoms with Crippen molar-refractivity contribution in [1.82, 2.24) is 9.97 Å². The molecule has 0 radical (unpaired) electrons. The molecular weight excluding hydrogens is 246 g/mol. The highest BCUT2D eigenvalue weighted by atomic mass is 35.5. The third-order valence-electron chi connectivity index (χ3n) is 1.84. The minimum absolute atomic E-state index is 0.552. The van der Waals surface area contributed by atoms with Gasteiger partial charge in [0.2, 0.25) is 0 Å². The molecule has 0 aliphatic rings. The van der Waals surface area contributed by atoms with Crippen LogP contribution in [0.4, 0.5) is 5.82 Å². The molecule has 0 bridgehead atoms. The van der Waals surface area contributed by atoms with Crippen LogP contribution in [0.5, 0.6) is 0 Å². The fourth-order valence-electron chi connectivity index (χ4n) is 1.10. The van der Waals surface area contributed by atoms with Crippen LogP contribution in [-0.4, -0.2) is 41.9 Å². The number of thioether (sulfide) groups is 1. The number of hydrogen-bond donors (Lipinski definition) is 1. The second-order valence-corrected chi connectivity index (χ2v) is 4.23. The number of rotatable bonds is 8. The zero-order valence-electron chi connectivity index (χ0n) is 9.28. The van der Waals surface area contributed by atoms with Gasteiger partial charge in [-0.15, -0.1) is 23.4 Å². The maximum Gasteiger partial charge on any atom is 0.130 e. The summed E-state index contributed by atoms with van der Waals surface area (Å²) in [6.45, 7) is 2.18. The monoisotopic (exact) mass is 261 g/mol. The van der Waals surface area contributed by atoms with Gasteiger partial charge in [-0.3, -0.25) is 0 Å². The van der Waals surface area contributed by atoms with Crippen LogP contribution < -0.4 is 5.32 Å². The molecular formula is C10H16ClN3OS. The lowest BCUT2D eigenvalue weighted by Crippen LogP contribution is -2.07. The molecule has 0 aromatic carbocycles. The van der Waals surface area contributed by atoms with E-state index in [2.05, 4.69) is 15.3 Å². The van der Waals surface area contributed by atoms with Crippen LogP contribution >= 0.6 is 23.4 Å². The molecule has 0 spiro atoms. The summed E-state index contributed by atoms with van der Waals surface area (Å²) in [7, 11) is 0. The number of aromatic nitrogens is 2. The van der Waals surface area contributed by atoms with Crippen LogP contribution in [0, 0.1) is 0 Å². The Balaban J connectivity index is 2.16. The van der Waals surface area contributed by atoms with Gasteiger partial charge in [0.1, 0.15) is 17.2 Å². The fourth-order valence-corrected chi connectivity index (χ4v) is 1.59. The topological polar surface area (TPSA) is 47.0 Å². The highest BCUT2D eigenvalue weighted by Gasteiger charge is 1.96. The highest BCUT2D eigenvalue weighted by molar-refractivity contribution is 7.98. The van der Waals surface area contributed by atoms with Crippen molar-refractivity contribution >= 4 is 29.2 Å². The van der Waals surface area contributed by atoms with Gasteiger partial charge in [0.05, 0.1) is 6.61 Å². The number of halogens is 1. The van der Waals surface area contributed by atoms with E-state index in [9.17, 15) is 0 Å². The minimum Gasteiger partial charge on any atom is -0.380 e. The standard InChI is InChI=1S/C10H16ClN3OS/c1-16-10-7-9(13-8-14-10)12-4-2-5-15-6-3-11/h7-8H,2-6H2,1H3,(H,12,13,14). The largest absolute Gasteiger partial charge is 0.380 e. The summed E-state index contributed by atoms with van der Waals surface area (Å²) in [6.07, 6.45) is 4.50. The molecule has 0 aliphatic carbocycles. The van der Waals surface area contributed by atoms with Crippen LogP contribution in [0.3, 0.4) is 0 Å². The Bertz CT molecular complexity index is 301. The van der Waals surface area contributed by atoms with Gasteiger partial charge in [-0.25, -0.2) is 9.97 Å². The molecule has 1 aromatic heterocycles. The van der Waals surface area contributed by atoms with Crippen LogP contribution in [-0.2, 0) is 4.74 Å². The number of nitrogens with zero attached hydrogens (tertiary/aromatic N) is 2. The Labute approximate surface area is 105 Å². The van der Waals surface area contributed by atoms with Crippen LogP contribution in [0.25, 0.3) is 0 Å². The maximum absolute atomic E-state index is 5.48. The average molecular weight is 262 g/mol. The molecule has 0 amide bonds. The van der Waals surface area contributed by atoms with Crippen LogP contribution in [0.1, 0.15) is 6.42 Å². The van der Waals surface area contributed by atoms with E-state index in [1.807, 2.05) is 12.3 Å². The Morgan fingerprint density at radius 3 is 3.06 bits per heavy atom. The van der Waals surface area contributed by atoms with E-state index in [4.69, 9.17) is 16.3 Å². The third-order valence-corrected chi connectivity index (χ3v) is 2.64. The number of anilines is 1. The quantitative estimate of drug-likeness (QED) is 0.337. The summed E-state index contributed by atoms with van der Waals surface area (Å²) in [5.41, 5.74) is 0. The zero-order valence-corrected chi connectivity index (χ0v) is 10.9. The normalized spacial score (nSPS) is 10.4. The Morgan fingerprint density at radius 1 is 1.44 bits per heavy atom. The first-order chi connectivity index (χ1) is 7.86. The first-order valence-corrected chi connectivity index (χ1v) is 6.86. The van der Waals surface area contributed by atoms with E-state index >= 15 is 0 Å². The van der Waals surface area contributed by atoms with Gasteiger partial charge >= 0.3 is 0 Å². The van der Waals surface area contributed by atoms with Crippen molar-refractivity contribution in [3.8, 4) is 0 Å². The number of nitrogens with one attached hydrogen (secondary N) is 1. The van der Waals surface area contributed by atoms with E-state index in [0.29, 0.717) is 12.5 Å². The van der Waals surface area contributed by atoms with Gasteiger partial charge in [-0.2, -0.15) is 0 Å². The molecule has 0 unspecified atom stereocenters. The SMILES string of the molecule is CSc1cc(NCCCOCCCl)ncn1. The van der Waals surface area contributed by atoms with E-state index in [-0.39, 0.29) is 0 Å². The Morgan fingerprint density at radius 2 is 2.31 bits per heavy atom. The summed E-state index contributed by atoms with van der Waals surface area (Å²) in [5.74, 6) is 1.41. The summed E-state index contributed by atoms with van der Waals surface area (Å²) in [6, 6.07) is 1.93. The Hall–Kier alpha value is -0.520. The van der Waals surface area contributed by atoms with Crippen molar-refractivity contribution in [2.75, 3.05) is 37.2 Å². The number of hydrogen-bond acceptors (Lipinski definition) is 5. The van der Waals surface area contributed by atoms with E-state index in [1.165, 1.54) is 0 Å². The summed E-state index contributed by atoms with van der Waals surface area (Å²) >= 11 is 7.09. The first-order valence-electron chi connectivity index (χ1n) is 5.10. The van der Waals surface area contributed by atoms with Gasteiger partial charge in [-0.05, 0) is 12.7 Å². The smallest absolute Gasteiger partial charge is 0.130 e. The lowest BCUT2D eigenvalue weighted by atomic mass is 10.4. The van der Waals surface area contributed by atoms with Crippen molar-refractivity contribution in [2.24, 2.45) is 0 Å². The predicted octanol–water partition coefficient (Wildman–Crippen LogP) is 2.26. The zero-order chi connectivity index (χ0) is 11.6. The molecule has 1 N–H and O–H groups in total. The molecule has 16 heavy (non-hydrogen) atoms. The fraction of sp³-hybridized carbons (Fsp3) is 0.600. The first kappa shape index (κ1) is 13.5. The minimum atomic E-state index is 0.552. The molecule has 1 aromatic rings. The predicted molar refractivity (Wildman–Crippen MR) is 68.5 cm³/mol. The molecule has 1 heterocycles. The molecule has 0 fully saturated rings. The van der Waals surface area contributed by atoms with Gasteiger partial charge in [0.25, 0.3) is 0 Å². The van der Waals surface area contributed by atoms with Gasteiger partial charge in [-0.1, -0.05) is 0 Å². The molecule has 0 aliphatic heterocycles. The number of ether oxygens (including phenoxy) is 1. The number of alkyl halides is 1. The van der Waals surface area contributed by atoms with Crippen LogP contribution in [0.15, 0.2) is 17.4 Å². The van der Waals surface area contributed by atoms with Crippen molar-refractivity contribution in [3.63, 3.8) is 0 Å². The maximum atomic E-state index is 5.48. The summed E-state index contributed by atoms with van der Waals surface area (Å²) < 4.78 is 5.26. The van der Waals surface area contributed by atoms with E-state index in [0.717, 1.165) is 30.4 Å². The molecule has 4 nitrogen and oxygen atoms in total. The van der Waals surface area contributed by atoms with E-state index in [1.54, 1.807) is 18.1 Å². The summed E-state index contributed by atoms with van der Waals surface area (Å²) in [4.78, 5) is 8.22. The molecule has 0 saturated heterocycles. The average Bonchev–Trinajstić information content (AvgIpc) is 2.34.